The van der Waals surface area contributed by atoms with Crippen LogP contribution in [0, 0.1) is 6.92 Å². The summed E-state index contributed by atoms with van der Waals surface area (Å²) in [5.41, 5.74) is 3.60. The van der Waals surface area contributed by atoms with Gasteiger partial charge >= 0.3 is 0 Å². The Bertz CT molecular complexity index is 548. The van der Waals surface area contributed by atoms with Crippen molar-refractivity contribution in [3.05, 3.63) is 29.6 Å². The Kier molecular flexibility index (Phi) is 4.56. The molecular formula is C15H23N3O. The van der Waals surface area contributed by atoms with Crippen LogP contribution in [0.5, 0.6) is 0 Å². The third-order valence-corrected chi connectivity index (χ3v) is 3.51. The second kappa shape index (κ2) is 6.17. The molecule has 19 heavy (non-hydrogen) atoms. The van der Waals surface area contributed by atoms with Crippen LogP contribution < -0.4 is 5.32 Å². The molecule has 0 aliphatic heterocycles. The highest BCUT2D eigenvalue weighted by atomic mass is 16.5. The summed E-state index contributed by atoms with van der Waals surface area (Å²) >= 11 is 0. The summed E-state index contributed by atoms with van der Waals surface area (Å²) in [6.07, 6.45) is 1.01. The summed E-state index contributed by atoms with van der Waals surface area (Å²) < 4.78 is 7.17. The van der Waals surface area contributed by atoms with Gasteiger partial charge in [0.05, 0.1) is 17.6 Å². The Morgan fingerprint density at radius 2 is 2.21 bits per heavy atom. The number of nitrogens with one attached hydrogen (secondary N) is 1. The number of methoxy groups -OCH3 is 1. The Labute approximate surface area is 114 Å². The molecule has 4 heteroatoms. The van der Waals surface area contributed by atoms with Gasteiger partial charge in [-0.15, -0.1) is 0 Å². The number of ether oxygens (including phenoxy) is 1. The van der Waals surface area contributed by atoms with Crippen LogP contribution in [0.4, 0.5) is 0 Å². The lowest BCUT2D eigenvalue weighted by Gasteiger charge is -2.13. The Morgan fingerprint density at radius 3 is 2.95 bits per heavy atom. The minimum absolute atomic E-state index is 0.442. The van der Waals surface area contributed by atoms with E-state index in [2.05, 4.69) is 47.0 Å². The van der Waals surface area contributed by atoms with Crippen LogP contribution in [0.25, 0.3) is 11.0 Å². The number of benzene rings is 1. The quantitative estimate of drug-likeness (QED) is 0.809. The second-order valence-electron chi connectivity index (χ2n) is 5.09. The molecule has 0 bridgehead atoms. The zero-order valence-corrected chi connectivity index (χ0v) is 12.2. The van der Waals surface area contributed by atoms with Gasteiger partial charge in [0.1, 0.15) is 5.82 Å². The predicted octanol–water partition coefficient (Wildman–Crippen LogP) is 2.05. The van der Waals surface area contributed by atoms with E-state index in [0.717, 1.165) is 30.9 Å². The predicted molar refractivity (Wildman–Crippen MR) is 78.5 cm³/mol. The molecule has 0 spiro atoms. The molecule has 1 aromatic carbocycles. The van der Waals surface area contributed by atoms with Crippen molar-refractivity contribution < 1.29 is 4.74 Å². The standard InChI is InChI=1S/C15H23N3O/c1-11(16-7-8-19-4)9-13-5-6-15-14(10-13)17-12(2)18(15)3/h5-6,10-11,16H,7-9H2,1-4H3. The molecule has 0 radical (unpaired) electrons. The van der Waals surface area contributed by atoms with Crippen molar-refractivity contribution in [3.8, 4) is 0 Å². The molecule has 4 nitrogen and oxygen atoms in total. The van der Waals surface area contributed by atoms with Crippen molar-refractivity contribution in [2.24, 2.45) is 7.05 Å². The highest BCUT2D eigenvalue weighted by Crippen LogP contribution is 2.17. The van der Waals surface area contributed by atoms with Gasteiger partial charge in [0, 0.05) is 26.7 Å². The monoisotopic (exact) mass is 261 g/mol. The van der Waals surface area contributed by atoms with Gasteiger partial charge in [-0.1, -0.05) is 6.07 Å². The van der Waals surface area contributed by atoms with Crippen molar-refractivity contribution in [2.45, 2.75) is 26.3 Å². The van der Waals surface area contributed by atoms with E-state index in [-0.39, 0.29) is 0 Å². The van der Waals surface area contributed by atoms with E-state index in [1.165, 1.54) is 11.1 Å². The maximum Gasteiger partial charge on any atom is 0.106 e. The summed E-state index contributed by atoms with van der Waals surface area (Å²) in [4.78, 5) is 4.58. The number of aryl methyl sites for hydroxylation is 2. The molecule has 0 aliphatic rings. The lowest BCUT2D eigenvalue weighted by atomic mass is 10.1. The molecule has 2 aromatic rings. The number of fused-ring (bicyclic) bond motifs is 1. The summed E-state index contributed by atoms with van der Waals surface area (Å²) in [7, 11) is 3.78. The van der Waals surface area contributed by atoms with Crippen LogP contribution in [0.2, 0.25) is 0 Å². The van der Waals surface area contributed by atoms with Crippen LogP contribution in [0.15, 0.2) is 18.2 Å². The number of rotatable bonds is 6. The normalized spacial score (nSPS) is 13.1. The number of nitrogens with zero attached hydrogens (tertiary/aromatic N) is 2. The Hall–Kier alpha value is -1.39. The van der Waals surface area contributed by atoms with Crippen molar-refractivity contribution in [1.29, 1.82) is 0 Å². The van der Waals surface area contributed by atoms with Crippen molar-refractivity contribution in [2.75, 3.05) is 20.3 Å². The molecule has 1 aromatic heterocycles. The Balaban J connectivity index is 2.05. The molecule has 0 saturated heterocycles. The van der Waals surface area contributed by atoms with Gasteiger partial charge in [-0.3, -0.25) is 0 Å². The van der Waals surface area contributed by atoms with E-state index in [0.29, 0.717) is 6.04 Å². The second-order valence-corrected chi connectivity index (χ2v) is 5.09. The average Bonchev–Trinajstić information content (AvgIpc) is 2.65. The first-order valence-corrected chi connectivity index (χ1v) is 6.76. The molecule has 1 unspecified atom stereocenters. The maximum atomic E-state index is 5.04. The summed E-state index contributed by atoms with van der Waals surface area (Å²) in [6.45, 7) is 5.88. The summed E-state index contributed by atoms with van der Waals surface area (Å²) in [5, 5.41) is 3.45. The fourth-order valence-corrected chi connectivity index (χ4v) is 2.33. The minimum atomic E-state index is 0.442. The molecule has 104 valence electrons. The Morgan fingerprint density at radius 1 is 1.42 bits per heavy atom. The zero-order valence-electron chi connectivity index (χ0n) is 12.2. The number of imidazole rings is 1. The number of hydrogen-bond donors (Lipinski definition) is 1. The minimum Gasteiger partial charge on any atom is -0.383 e. The van der Waals surface area contributed by atoms with Crippen LogP contribution in [-0.4, -0.2) is 35.9 Å². The first-order valence-electron chi connectivity index (χ1n) is 6.76. The molecule has 0 fully saturated rings. The number of hydrogen-bond acceptors (Lipinski definition) is 3. The van der Waals surface area contributed by atoms with Gasteiger partial charge in [-0.05, 0) is 38.0 Å². The third-order valence-electron chi connectivity index (χ3n) is 3.51. The highest BCUT2D eigenvalue weighted by molar-refractivity contribution is 5.76. The highest BCUT2D eigenvalue weighted by Gasteiger charge is 2.07. The van der Waals surface area contributed by atoms with Crippen molar-refractivity contribution in [1.82, 2.24) is 14.9 Å². The van der Waals surface area contributed by atoms with Gasteiger partial charge in [0.2, 0.25) is 0 Å². The van der Waals surface area contributed by atoms with E-state index in [9.17, 15) is 0 Å². The molecule has 0 aliphatic carbocycles. The SMILES string of the molecule is COCCNC(C)Cc1ccc2c(c1)nc(C)n2C. The van der Waals surface area contributed by atoms with E-state index in [1.807, 2.05) is 6.92 Å². The molecule has 2 rings (SSSR count). The van der Waals surface area contributed by atoms with Gasteiger partial charge in [-0.25, -0.2) is 4.98 Å². The summed E-state index contributed by atoms with van der Waals surface area (Å²) in [5.74, 6) is 1.05. The zero-order chi connectivity index (χ0) is 13.8. The van der Waals surface area contributed by atoms with E-state index in [4.69, 9.17) is 4.74 Å². The van der Waals surface area contributed by atoms with Gasteiger partial charge < -0.3 is 14.6 Å². The molecule has 0 saturated carbocycles. The molecule has 1 heterocycles. The molecular weight excluding hydrogens is 238 g/mol. The van der Waals surface area contributed by atoms with Crippen molar-refractivity contribution in [3.63, 3.8) is 0 Å². The van der Waals surface area contributed by atoms with Gasteiger partial charge in [-0.2, -0.15) is 0 Å². The maximum absolute atomic E-state index is 5.04. The molecule has 1 N–H and O–H groups in total. The first kappa shape index (κ1) is 14.0. The average molecular weight is 261 g/mol. The third kappa shape index (κ3) is 3.33. The number of aromatic nitrogens is 2. The lowest BCUT2D eigenvalue weighted by Crippen LogP contribution is -2.30. The fraction of sp³-hybridized carbons (Fsp3) is 0.533. The van der Waals surface area contributed by atoms with Crippen LogP contribution in [0.1, 0.15) is 18.3 Å². The summed E-state index contributed by atoms with van der Waals surface area (Å²) in [6, 6.07) is 6.99. The molecule has 1 atom stereocenters. The van der Waals surface area contributed by atoms with E-state index < -0.39 is 0 Å². The van der Waals surface area contributed by atoms with Crippen LogP contribution >= 0.6 is 0 Å². The fourth-order valence-electron chi connectivity index (χ4n) is 2.33. The topological polar surface area (TPSA) is 39.1 Å². The first-order chi connectivity index (χ1) is 9.11. The van der Waals surface area contributed by atoms with E-state index >= 15 is 0 Å². The largest absolute Gasteiger partial charge is 0.383 e. The smallest absolute Gasteiger partial charge is 0.106 e. The van der Waals surface area contributed by atoms with Crippen LogP contribution in [0.3, 0.4) is 0 Å². The van der Waals surface area contributed by atoms with E-state index in [1.54, 1.807) is 7.11 Å². The van der Waals surface area contributed by atoms with Crippen LogP contribution in [-0.2, 0) is 18.2 Å². The van der Waals surface area contributed by atoms with Crippen molar-refractivity contribution >= 4 is 11.0 Å². The van der Waals surface area contributed by atoms with Gasteiger partial charge in [0.25, 0.3) is 0 Å². The van der Waals surface area contributed by atoms with Gasteiger partial charge in [0.15, 0.2) is 0 Å². The molecule has 0 amide bonds. The lowest BCUT2D eigenvalue weighted by molar-refractivity contribution is 0.196.